The molecule has 0 spiro atoms. The summed E-state index contributed by atoms with van der Waals surface area (Å²) in [5.74, 6) is 0. The first kappa shape index (κ1) is 15.6. The van der Waals surface area contributed by atoms with Crippen molar-refractivity contribution in [2.45, 2.75) is 19.4 Å². The molecule has 1 N–H and O–H groups in total. The van der Waals surface area contributed by atoms with Gasteiger partial charge >= 0.3 is 0 Å². The third kappa shape index (κ3) is 6.50. The van der Waals surface area contributed by atoms with E-state index >= 15 is 0 Å². The molecule has 0 aromatic heterocycles. The van der Waals surface area contributed by atoms with Crippen molar-refractivity contribution in [3.8, 4) is 0 Å². The SMILES string of the molecule is COCCCOCCN[C@@H](C)c1cccc(Br)c1. The van der Waals surface area contributed by atoms with Gasteiger partial charge in [0.2, 0.25) is 0 Å². The monoisotopic (exact) mass is 315 g/mol. The fourth-order valence-corrected chi connectivity index (χ4v) is 2.07. The van der Waals surface area contributed by atoms with Crippen molar-refractivity contribution in [1.29, 1.82) is 0 Å². The lowest BCUT2D eigenvalue weighted by Gasteiger charge is -2.14. The minimum atomic E-state index is 0.338. The molecule has 0 heterocycles. The maximum atomic E-state index is 5.49. The van der Waals surface area contributed by atoms with Crippen LogP contribution < -0.4 is 5.32 Å². The standard InChI is InChI=1S/C14H22BrNO2/c1-12(13-5-3-6-14(15)11-13)16-7-10-18-9-4-8-17-2/h3,5-6,11-12,16H,4,7-10H2,1-2H3/t12-/m0/s1. The molecule has 0 saturated heterocycles. The Hall–Kier alpha value is -0.420. The smallest absolute Gasteiger partial charge is 0.0591 e. The number of hydrogen-bond donors (Lipinski definition) is 1. The van der Waals surface area contributed by atoms with Crippen LogP contribution in [0.2, 0.25) is 0 Å². The van der Waals surface area contributed by atoms with Gasteiger partial charge in [-0.15, -0.1) is 0 Å². The van der Waals surface area contributed by atoms with E-state index in [1.165, 1.54) is 5.56 Å². The van der Waals surface area contributed by atoms with Gasteiger partial charge in [-0.2, -0.15) is 0 Å². The van der Waals surface area contributed by atoms with Gasteiger partial charge in [0.1, 0.15) is 0 Å². The highest BCUT2D eigenvalue weighted by molar-refractivity contribution is 9.10. The summed E-state index contributed by atoms with van der Waals surface area (Å²) in [5.41, 5.74) is 1.28. The van der Waals surface area contributed by atoms with Gasteiger partial charge < -0.3 is 14.8 Å². The molecule has 0 bridgehead atoms. The lowest BCUT2D eigenvalue weighted by molar-refractivity contribution is 0.103. The molecule has 0 unspecified atom stereocenters. The van der Waals surface area contributed by atoms with Crippen molar-refractivity contribution < 1.29 is 9.47 Å². The highest BCUT2D eigenvalue weighted by Crippen LogP contribution is 2.17. The van der Waals surface area contributed by atoms with Crippen LogP contribution in [-0.2, 0) is 9.47 Å². The summed E-state index contributed by atoms with van der Waals surface area (Å²) in [4.78, 5) is 0. The number of benzene rings is 1. The summed E-state index contributed by atoms with van der Waals surface area (Å²) in [6.07, 6.45) is 0.956. The first-order valence-electron chi connectivity index (χ1n) is 6.29. The van der Waals surface area contributed by atoms with Crippen LogP contribution in [-0.4, -0.2) is 33.5 Å². The van der Waals surface area contributed by atoms with Crippen molar-refractivity contribution in [3.05, 3.63) is 34.3 Å². The van der Waals surface area contributed by atoms with E-state index in [1.807, 2.05) is 6.07 Å². The summed E-state index contributed by atoms with van der Waals surface area (Å²) >= 11 is 3.48. The Morgan fingerprint density at radius 1 is 1.28 bits per heavy atom. The molecule has 1 aromatic carbocycles. The molecule has 0 saturated carbocycles. The first-order valence-corrected chi connectivity index (χ1v) is 7.09. The third-order valence-corrected chi connectivity index (χ3v) is 3.18. The van der Waals surface area contributed by atoms with Crippen molar-refractivity contribution in [3.63, 3.8) is 0 Å². The number of hydrogen-bond acceptors (Lipinski definition) is 3. The van der Waals surface area contributed by atoms with Gasteiger partial charge in [-0.05, 0) is 31.0 Å². The van der Waals surface area contributed by atoms with Crippen LogP contribution in [0.4, 0.5) is 0 Å². The quantitative estimate of drug-likeness (QED) is 0.710. The van der Waals surface area contributed by atoms with E-state index in [4.69, 9.17) is 9.47 Å². The van der Waals surface area contributed by atoms with Gasteiger partial charge in [-0.3, -0.25) is 0 Å². The molecule has 0 aliphatic heterocycles. The molecule has 0 fully saturated rings. The second-order valence-electron chi connectivity index (χ2n) is 4.19. The van der Waals surface area contributed by atoms with Crippen LogP contribution in [0.1, 0.15) is 24.9 Å². The molecule has 1 rings (SSSR count). The Kier molecular flexibility index (Phi) is 8.25. The van der Waals surface area contributed by atoms with Gasteiger partial charge in [0, 0.05) is 37.4 Å². The Morgan fingerprint density at radius 3 is 2.83 bits per heavy atom. The van der Waals surface area contributed by atoms with Crippen molar-refractivity contribution in [2.24, 2.45) is 0 Å². The Morgan fingerprint density at radius 2 is 2.11 bits per heavy atom. The van der Waals surface area contributed by atoms with Crippen molar-refractivity contribution in [2.75, 3.05) is 33.5 Å². The predicted molar refractivity (Wildman–Crippen MR) is 77.9 cm³/mol. The second-order valence-corrected chi connectivity index (χ2v) is 5.11. The fourth-order valence-electron chi connectivity index (χ4n) is 1.65. The normalized spacial score (nSPS) is 12.6. The molecule has 18 heavy (non-hydrogen) atoms. The van der Waals surface area contributed by atoms with Crippen LogP contribution in [0.5, 0.6) is 0 Å². The largest absolute Gasteiger partial charge is 0.385 e. The van der Waals surface area contributed by atoms with Crippen molar-refractivity contribution in [1.82, 2.24) is 5.32 Å². The van der Waals surface area contributed by atoms with Gasteiger partial charge in [0.25, 0.3) is 0 Å². The zero-order valence-electron chi connectivity index (χ0n) is 11.1. The molecule has 4 heteroatoms. The predicted octanol–water partition coefficient (Wildman–Crippen LogP) is 3.15. The van der Waals surface area contributed by atoms with Crippen LogP contribution in [0.15, 0.2) is 28.7 Å². The van der Waals surface area contributed by atoms with E-state index in [1.54, 1.807) is 7.11 Å². The zero-order valence-corrected chi connectivity index (χ0v) is 12.7. The van der Waals surface area contributed by atoms with Gasteiger partial charge in [0.05, 0.1) is 6.61 Å². The van der Waals surface area contributed by atoms with E-state index in [9.17, 15) is 0 Å². The summed E-state index contributed by atoms with van der Waals surface area (Å²) in [6, 6.07) is 8.69. The number of methoxy groups -OCH3 is 1. The fraction of sp³-hybridized carbons (Fsp3) is 0.571. The number of rotatable bonds is 9. The molecule has 102 valence electrons. The maximum absolute atomic E-state index is 5.49. The van der Waals surface area contributed by atoms with E-state index in [-0.39, 0.29) is 0 Å². The molecular formula is C14H22BrNO2. The highest BCUT2D eigenvalue weighted by atomic mass is 79.9. The van der Waals surface area contributed by atoms with E-state index in [2.05, 4.69) is 46.4 Å². The van der Waals surface area contributed by atoms with Gasteiger partial charge in [-0.25, -0.2) is 0 Å². The van der Waals surface area contributed by atoms with E-state index in [0.717, 1.165) is 37.3 Å². The number of nitrogens with one attached hydrogen (secondary N) is 1. The minimum Gasteiger partial charge on any atom is -0.385 e. The molecular weight excluding hydrogens is 294 g/mol. The third-order valence-electron chi connectivity index (χ3n) is 2.68. The Labute approximate surface area is 118 Å². The molecule has 0 aliphatic carbocycles. The van der Waals surface area contributed by atoms with Gasteiger partial charge in [0.15, 0.2) is 0 Å². The maximum Gasteiger partial charge on any atom is 0.0591 e. The topological polar surface area (TPSA) is 30.5 Å². The molecule has 1 atom stereocenters. The number of halogens is 1. The lowest BCUT2D eigenvalue weighted by atomic mass is 10.1. The van der Waals surface area contributed by atoms with Crippen LogP contribution >= 0.6 is 15.9 Å². The average Bonchev–Trinajstić information content (AvgIpc) is 2.37. The summed E-state index contributed by atoms with van der Waals surface area (Å²) < 4.78 is 11.6. The van der Waals surface area contributed by atoms with Gasteiger partial charge in [-0.1, -0.05) is 28.1 Å². The molecule has 0 amide bonds. The van der Waals surface area contributed by atoms with Crippen LogP contribution in [0.3, 0.4) is 0 Å². The molecule has 0 radical (unpaired) electrons. The molecule has 0 aliphatic rings. The molecule has 1 aromatic rings. The Balaban J connectivity index is 2.12. The van der Waals surface area contributed by atoms with Crippen molar-refractivity contribution >= 4 is 15.9 Å². The lowest BCUT2D eigenvalue weighted by Crippen LogP contribution is -2.23. The van der Waals surface area contributed by atoms with E-state index < -0.39 is 0 Å². The summed E-state index contributed by atoms with van der Waals surface area (Å²) in [6.45, 7) is 5.29. The minimum absolute atomic E-state index is 0.338. The van der Waals surface area contributed by atoms with Crippen LogP contribution in [0, 0.1) is 0 Å². The number of ether oxygens (including phenoxy) is 2. The van der Waals surface area contributed by atoms with Crippen LogP contribution in [0.25, 0.3) is 0 Å². The zero-order chi connectivity index (χ0) is 13.2. The summed E-state index contributed by atoms with van der Waals surface area (Å²) in [5, 5.41) is 3.44. The summed E-state index contributed by atoms with van der Waals surface area (Å²) in [7, 11) is 1.71. The highest BCUT2D eigenvalue weighted by Gasteiger charge is 2.04. The Bertz CT molecular complexity index is 333. The second kappa shape index (κ2) is 9.50. The van der Waals surface area contributed by atoms with E-state index in [0.29, 0.717) is 6.04 Å². The average molecular weight is 316 g/mol. The molecule has 3 nitrogen and oxygen atoms in total. The first-order chi connectivity index (χ1) is 8.74.